The van der Waals surface area contributed by atoms with Crippen LogP contribution < -0.4 is 0 Å². The van der Waals surface area contributed by atoms with E-state index in [2.05, 4.69) is 24.3 Å². The van der Waals surface area contributed by atoms with Crippen LogP contribution in [0.2, 0.25) is 0 Å². The summed E-state index contributed by atoms with van der Waals surface area (Å²) in [4.78, 5) is 0. The highest BCUT2D eigenvalue weighted by Gasteiger charge is 2.33. The van der Waals surface area contributed by atoms with E-state index in [1.54, 1.807) is 0 Å². The van der Waals surface area contributed by atoms with Gasteiger partial charge in [-0.2, -0.15) is 0 Å². The van der Waals surface area contributed by atoms with Gasteiger partial charge in [-0.05, 0) is 62.5 Å². The molecule has 0 spiro atoms. The third-order valence-electron chi connectivity index (χ3n) is 4.70. The van der Waals surface area contributed by atoms with Crippen LogP contribution in [0.1, 0.15) is 56.1 Å². The Bertz CT molecular complexity index is 423. The van der Waals surface area contributed by atoms with E-state index >= 15 is 0 Å². The highest BCUT2D eigenvalue weighted by Crippen LogP contribution is 2.39. The van der Waals surface area contributed by atoms with Crippen molar-refractivity contribution in [2.24, 2.45) is 0 Å². The first kappa shape index (κ1) is 13.1. The minimum Gasteiger partial charge on any atom is -0.385 e. The molecule has 0 amide bonds. The zero-order chi connectivity index (χ0) is 13.1. The maximum atomic E-state index is 11.0. The molecule has 0 aromatic heterocycles. The Kier molecular flexibility index (Phi) is 3.90. The van der Waals surface area contributed by atoms with Crippen LogP contribution in [0.5, 0.6) is 0 Å². The number of rotatable bonds is 4. The molecule has 2 heteroatoms. The van der Waals surface area contributed by atoms with Gasteiger partial charge in [-0.15, -0.1) is 0 Å². The van der Waals surface area contributed by atoms with Gasteiger partial charge >= 0.3 is 0 Å². The van der Waals surface area contributed by atoms with Crippen LogP contribution in [0.25, 0.3) is 0 Å². The predicted molar refractivity (Wildman–Crippen MR) is 76.1 cm³/mol. The standard InChI is InChI=1S/C17H24O2/c18-17(12-4-8-15-9-5-13-19-15)11-3-7-14-6-1-2-10-16(14)17/h1-2,6,10,15,18H,3-5,7-9,11-13H2. The Balaban J connectivity index is 1.63. The summed E-state index contributed by atoms with van der Waals surface area (Å²) in [6, 6.07) is 8.41. The minimum absolute atomic E-state index is 0.447. The molecular formula is C17H24O2. The monoisotopic (exact) mass is 260 g/mol. The lowest BCUT2D eigenvalue weighted by Crippen LogP contribution is -2.30. The number of hydrogen-bond donors (Lipinski definition) is 1. The summed E-state index contributed by atoms with van der Waals surface area (Å²) in [6.45, 7) is 0.928. The van der Waals surface area contributed by atoms with Crippen molar-refractivity contribution in [1.82, 2.24) is 0 Å². The topological polar surface area (TPSA) is 29.5 Å². The fourth-order valence-corrected chi connectivity index (χ4v) is 3.65. The van der Waals surface area contributed by atoms with Crippen molar-refractivity contribution in [3.05, 3.63) is 35.4 Å². The Morgan fingerprint density at radius 2 is 2.16 bits per heavy atom. The minimum atomic E-state index is -0.590. The largest absolute Gasteiger partial charge is 0.385 e. The Labute approximate surface area is 115 Å². The molecule has 1 aromatic rings. The van der Waals surface area contributed by atoms with Crippen molar-refractivity contribution in [3.8, 4) is 0 Å². The van der Waals surface area contributed by atoms with Crippen molar-refractivity contribution >= 4 is 0 Å². The molecule has 0 saturated carbocycles. The van der Waals surface area contributed by atoms with Crippen LogP contribution in [0.3, 0.4) is 0 Å². The van der Waals surface area contributed by atoms with Gasteiger partial charge in [0.25, 0.3) is 0 Å². The van der Waals surface area contributed by atoms with E-state index in [0.29, 0.717) is 6.10 Å². The van der Waals surface area contributed by atoms with Gasteiger partial charge in [0.15, 0.2) is 0 Å². The first-order chi connectivity index (χ1) is 9.28. The second kappa shape index (κ2) is 5.64. The molecule has 1 heterocycles. The molecule has 1 aromatic carbocycles. The molecule has 0 radical (unpaired) electrons. The first-order valence-electron chi connectivity index (χ1n) is 7.70. The Hall–Kier alpha value is -0.860. The van der Waals surface area contributed by atoms with Gasteiger partial charge in [0.2, 0.25) is 0 Å². The summed E-state index contributed by atoms with van der Waals surface area (Å²) in [5.41, 5.74) is 1.93. The molecule has 1 aliphatic carbocycles. The average molecular weight is 260 g/mol. The van der Waals surface area contributed by atoms with E-state index < -0.39 is 5.60 Å². The first-order valence-corrected chi connectivity index (χ1v) is 7.70. The molecule has 0 bridgehead atoms. The van der Waals surface area contributed by atoms with Crippen LogP contribution in [-0.2, 0) is 16.8 Å². The van der Waals surface area contributed by atoms with Gasteiger partial charge in [0, 0.05) is 6.61 Å². The van der Waals surface area contributed by atoms with E-state index in [1.165, 1.54) is 24.0 Å². The molecule has 1 N–H and O–H groups in total. The lowest BCUT2D eigenvalue weighted by atomic mass is 9.76. The zero-order valence-corrected chi connectivity index (χ0v) is 11.6. The van der Waals surface area contributed by atoms with Gasteiger partial charge in [-0.3, -0.25) is 0 Å². The summed E-state index contributed by atoms with van der Waals surface area (Å²) in [5.74, 6) is 0. The highest BCUT2D eigenvalue weighted by molar-refractivity contribution is 5.34. The summed E-state index contributed by atoms with van der Waals surface area (Å²) in [5, 5.41) is 11.0. The number of fused-ring (bicyclic) bond motifs is 1. The van der Waals surface area contributed by atoms with E-state index in [-0.39, 0.29) is 0 Å². The summed E-state index contributed by atoms with van der Waals surface area (Å²) in [6.07, 6.45) is 9.03. The van der Waals surface area contributed by atoms with Crippen molar-refractivity contribution in [2.75, 3.05) is 6.61 Å². The third kappa shape index (κ3) is 2.85. The maximum absolute atomic E-state index is 11.0. The van der Waals surface area contributed by atoms with Crippen LogP contribution in [0, 0.1) is 0 Å². The second-order valence-corrected chi connectivity index (χ2v) is 6.07. The van der Waals surface area contributed by atoms with Crippen LogP contribution in [-0.4, -0.2) is 17.8 Å². The van der Waals surface area contributed by atoms with Gasteiger partial charge in [-0.1, -0.05) is 24.3 Å². The molecule has 104 valence electrons. The lowest BCUT2D eigenvalue weighted by molar-refractivity contribution is 0.00334. The highest BCUT2D eigenvalue weighted by atomic mass is 16.5. The molecule has 2 aliphatic rings. The SMILES string of the molecule is OC1(CCCC2CCCO2)CCCc2ccccc21. The fourth-order valence-electron chi connectivity index (χ4n) is 3.65. The second-order valence-electron chi connectivity index (χ2n) is 6.07. The number of benzene rings is 1. The van der Waals surface area contributed by atoms with Gasteiger partial charge in [0.1, 0.15) is 0 Å². The van der Waals surface area contributed by atoms with E-state index in [9.17, 15) is 5.11 Å². The van der Waals surface area contributed by atoms with Crippen LogP contribution in [0.4, 0.5) is 0 Å². The summed E-state index contributed by atoms with van der Waals surface area (Å²) in [7, 11) is 0. The molecule has 1 saturated heterocycles. The smallest absolute Gasteiger partial charge is 0.0899 e. The quantitative estimate of drug-likeness (QED) is 0.897. The summed E-state index contributed by atoms with van der Waals surface area (Å²) < 4.78 is 5.66. The summed E-state index contributed by atoms with van der Waals surface area (Å²) >= 11 is 0. The van der Waals surface area contributed by atoms with E-state index in [4.69, 9.17) is 4.74 Å². The molecule has 2 unspecified atom stereocenters. The van der Waals surface area contributed by atoms with E-state index in [0.717, 1.165) is 45.1 Å². The van der Waals surface area contributed by atoms with Crippen LogP contribution >= 0.6 is 0 Å². The van der Waals surface area contributed by atoms with Crippen LogP contribution in [0.15, 0.2) is 24.3 Å². The molecule has 19 heavy (non-hydrogen) atoms. The molecular weight excluding hydrogens is 236 g/mol. The molecule has 1 fully saturated rings. The molecule has 2 nitrogen and oxygen atoms in total. The molecule has 2 atom stereocenters. The number of aryl methyl sites for hydroxylation is 1. The Morgan fingerprint density at radius 1 is 1.26 bits per heavy atom. The lowest BCUT2D eigenvalue weighted by Gasteiger charge is -2.35. The zero-order valence-electron chi connectivity index (χ0n) is 11.6. The van der Waals surface area contributed by atoms with E-state index in [1.807, 2.05) is 0 Å². The van der Waals surface area contributed by atoms with Gasteiger partial charge in [-0.25, -0.2) is 0 Å². The number of hydrogen-bond acceptors (Lipinski definition) is 2. The van der Waals surface area contributed by atoms with Crippen molar-refractivity contribution in [3.63, 3.8) is 0 Å². The van der Waals surface area contributed by atoms with Gasteiger partial charge in [0.05, 0.1) is 11.7 Å². The predicted octanol–water partition coefficient (Wildman–Crippen LogP) is 3.56. The normalized spacial score (nSPS) is 30.3. The van der Waals surface area contributed by atoms with Crippen molar-refractivity contribution in [1.29, 1.82) is 0 Å². The number of aliphatic hydroxyl groups is 1. The van der Waals surface area contributed by atoms with Crippen molar-refractivity contribution in [2.45, 2.75) is 63.1 Å². The maximum Gasteiger partial charge on any atom is 0.0899 e. The Morgan fingerprint density at radius 3 is 3.00 bits per heavy atom. The molecule has 1 aliphatic heterocycles. The number of ether oxygens (including phenoxy) is 1. The van der Waals surface area contributed by atoms with Crippen molar-refractivity contribution < 1.29 is 9.84 Å². The fraction of sp³-hybridized carbons (Fsp3) is 0.647. The third-order valence-corrected chi connectivity index (χ3v) is 4.70. The molecule has 3 rings (SSSR count). The van der Waals surface area contributed by atoms with Gasteiger partial charge < -0.3 is 9.84 Å². The average Bonchev–Trinajstić information content (AvgIpc) is 2.93.